The number of aromatic amines is 1. The summed E-state index contributed by atoms with van der Waals surface area (Å²) >= 11 is 0. The normalized spacial score (nSPS) is 14.0. The lowest BCUT2D eigenvalue weighted by atomic mass is 10.00. The Hall–Kier alpha value is -4.46. The predicted octanol–water partition coefficient (Wildman–Crippen LogP) is 4.86. The maximum atomic E-state index is 13.4. The van der Waals surface area contributed by atoms with Crippen LogP contribution < -0.4 is 9.80 Å². The van der Waals surface area contributed by atoms with Crippen molar-refractivity contribution in [3.8, 4) is 28.1 Å². The van der Waals surface area contributed by atoms with Crippen molar-refractivity contribution < 1.29 is 9.50 Å². The van der Waals surface area contributed by atoms with Crippen LogP contribution >= 0.6 is 0 Å². The standard InChI is InChI=1S/C27H23FN6O/c28-20-4-1-18(2-5-20)26-24(16-31-32-26)19-3-10-25-23(15-19)27(30-17-29-25)34-13-11-33(12-14-34)21-6-8-22(35)9-7-21/h1-10,15-17,35H,11-14H2,(H,31,32). The average molecular weight is 467 g/mol. The molecular weight excluding hydrogens is 443 g/mol. The molecule has 3 heterocycles. The average Bonchev–Trinajstić information content (AvgIpc) is 3.39. The van der Waals surface area contributed by atoms with Crippen LogP contribution in [0.25, 0.3) is 33.3 Å². The van der Waals surface area contributed by atoms with Crippen molar-refractivity contribution in [1.29, 1.82) is 0 Å². The minimum Gasteiger partial charge on any atom is -0.508 e. The number of nitrogens with zero attached hydrogens (tertiary/aromatic N) is 5. The number of fused-ring (bicyclic) bond motifs is 1. The van der Waals surface area contributed by atoms with Crippen molar-refractivity contribution in [2.24, 2.45) is 0 Å². The minimum atomic E-state index is -0.274. The van der Waals surface area contributed by atoms with Gasteiger partial charge in [0.05, 0.1) is 11.2 Å². The Morgan fingerprint density at radius 1 is 0.800 bits per heavy atom. The maximum absolute atomic E-state index is 13.4. The fourth-order valence-electron chi connectivity index (χ4n) is 4.64. The van der Waals surface area contributed by atoms with Gasteiger partial charge in [0.2, 0.25) is 0 Å². The number of phenols is 1. The van der Waals surface area contributed by atoms with Crippen LogP contribution in [0.3, 0.4) is 0 Å². The molecule has 5 aromatic rings. The summed E-state index contributed by atoms with van der Waals surface area (Å²) in [6.45, 7) is 3.35. The van der Waals surface area contributed by atoms with Gasteiger partial charge < -0.3 is 14.9 Å². The van der Waals surface area contributed by atoms with Gasteiger partial charge in [-0.1, -0.05) is 6.07 Å². The number of hydrogen-bond acceptors (Lipinski definition) is 6. The summed E-state index contributed by atoms with van der Waals surface area (Å²) in [7, 11) is 0. The number of rotatable bonds is 4. The summed E-state index contributed by atoms with van der Waals surface area (Å²) in [4.78, 5) is 13.7. The van der Waals surface area contributed by atoms with Crippen LogP contribution in [0.4, 0.5) is 15.9 Å². The minimum absolute atomic E-state index is 0.274. The summed E-state index contributed by atoms with van der Waals surface area (Å²) in [6, 6.07) is 19.8. The van der Waals surface area contributed by atoms with E-state index in [2.05, 4.69) is 36.0 Å². The molecule has 0 bridgehead atoms. The first kappa shape index (κ1) is 21.1. The number of phenolic OH excluding ortho intramolecular Hbond substituents is 1. The van der Waals surface area contributed by atoms with Crippen molar-refractivity contribution in [3.63, 3.8) is 0 Å². The van der Waals surface area contributed by atoms with E-state index in [9.17, 15) is 9.50 Å². The molecule has 7 nitrogen and oxygen atoms in total. The van der Waals surface area contributed by atoms with E-state index in [-0.39, 0.29) is 11.6 Å². The topological polar surface area (TPSA) is 81.2 Å². The first-order valence-corrected chi connectivity index (χ1v) is 11.5. The van der Waals surface area contributed by atoms with Gasteiger partial charge >= 0.3 is 0 Å². The molecule has 0 atom stereocenters. The summed E-state index contributed by atoms with van der Waals surface area (Å²) in [5.74, 6) is 0.911. The SMILES string of the molecule is Oc1ccc(N2CCN(c3ncnc4ccc(-c5c[nH]nc5-c5ccc(F)cc5)cc34)CC2)cc1. The molecule has 3 aromatic carbocycles. The third kappa shape index (κ3) is 4.03. The van der Waals surface area contributed by atoms with Gasteiger partial charge in [-0.3, -0.25) is 5.10 Å². The zero-order valence-electron chi connectivity index (χ0n) is 18.9. The number of anilines is 2. The molecule has 0 unspecified atom stereocenters. The lowest BCUT2D eigenvalue weighted by molar-refractivity contribution is 0.475. The van der Waals surface area contributed by atoms with Crippen LogP contribution in [0.5, 0.6) is 5.75 Å². The molecule has 1 fully saturated rings. The molecule has 0 aliphatic carbocycles. The molecule has 0 amide bonds. The monoisotopic (exact) mass is 466 g/mol. The van der Waals surface area contributed by atoms with Crippen LogP contribution in [-0.2, 0) is 0 Å². The summed E-state index contributed by atoms with van der Waals surface area (Å²) in [5.41, 5.74) is 5.52. The van der Waals surface area contributed by atoms with Gasteiger partial charge in [0.1, 0.15) is 23.7 Å². The molecule has 1 aliphatic heterocycles. The molecule has 6 rings (SSSR count). The lowest BCUT2D eigenvalue weighted by Gasteiger charge is -2.37. The Balaban J connectivity index is 1.31. The lowest BCUT2D eigenvalue weighted by Crippen LogP contribution is -2.46. The van der Waals surface area contributed by atoms with Gasteiger partial charge in [-0.2, -0.15) is 5.10 Å². The molecule has 2 aromatic heterocycles. The highest BCUT2D eigenvalue weighted by atomic mass is 19.1. The molecule has 0 spiro atoms. The number of H-pyrrole nitrogens is 1. The van der Waals surface area contributed by atoms with Gasteiger partial charge in [0.25, 0.3) is 0 Å². The first-order valence-electron chi connectivity index (χ1n) is 11.5. The molecular formula is C27H23FN6O. The van der Waals surface area contributed by atoms with Crippen LogP contribution in [-0.4, -0.2) is 51.5 Å². The van der Waals surface area contributed by atoms with Gasteiger partial charge in [0.15, 0.2) is 0 Å². The largest absolute Gasteiger partial charge is 0.508 e. The van der Waals surface area contributed by atoms with Crippen molar-refractivity contribution in [2.45, 2.75) is 0 Å². The predicted molar refractivity (Wildman–Crippen MR) is 135 cm³/mol. The van der Waals surface area contributed by atoms with Crippen molar-refractivity contribution in [1.82, 2.24) is 20.2 Å². The zero-order chi connectivity index (χ0) is 23.8. The molecule has 174 valence electrons. The maximum Gasteiger partial charge on any atom is 0.140 e. The Morgan fingerprint density at radius 2 is 1.51 bits per heavy atom. The van der Waals surface area contributed by atoms with E-state index >= 15 is 0 Å². The van der Waals surface area contributed by atoms with Crippen LogP contribution in [0.15, 0.2) is 79.3 Å². The van der Waals surface area contributed by atoms with Crippen LogP contribution in [0.2, 0.25) is 0 Å². The second-order valence-corrected chi connectivity index (χ2v) is 8.57. The van der Waals surface area contributed by atoms with Gasteiger partial charge in [-0.25, -0.2) is 14.4 Å². The van der Waals surface area contributed by atoms with E-state index in [1.165, 1.54) is 12.1 Å². The number of aromatic nitrogens is 4. The van der Waals surface area contributed by atoms with Gasteiger partial charge in [0, 0.05) is 54.6 Å². The van der Waals surface area contributed by atoms with E-state index in [1.807, 2.05) is 30.5 Å². The Bertz CT molecular complexity index is 1470. The van der Waals surface area contributed by atoms with Crippen LogP contribution in [0, 0.1) is 5.82 Å². The summed E-state index contributed by atoms with van der Waals surface area (Å²) in [5, 5.41) is 17.9. The highest BCUT2D eigenvalue weighted by Crippen LogP contribution is 2.34. The quantitative estimate of drug-likeness (QED) is 0.394. The summed E-state index contributed by atoms with van der Waals surface area (Å²) in [6.07, 6.45) is 3.48. The number of nitrogens with one attached hydrogen (secondary N) is 1. The molecule has 8 heteroatoms. The molecule has 1 aliphatic rings. The highest BCUT2D eigenvalue weighted by Gasteiger charge is 2.21. The fraction of sp³-hybridized carbons (Fsp3) is 0.148. The molecule has 35 heavy (non-hydrogen) atoms. The van der Waals surface area contributed by atoms with E-state index in [4.69, 9.17) is 0 Å². The second kappa shape index (κ2) is 8.72. The molecule has 0 saturated carbocycles. The van der Waals surface area contributed by atoms with Gasteiger partial charge in [-0.05, 0) is 66.2 Å². The van der Waals surface area contributed by atoms with E-state index in [0.717, 1.165) is 71.0 Å². The number of benzene rings is 3. The Kier molecular flexibility index (Phi) is 5.25. The van der Waals surface area contributed by atoms with E-state index in [0.29, 0.717) is 0 Å². The van der Waals surface area contributed by atoms with Crippen molar-refractivity contribution >= 4 is 22.4 Å². The highest BCUT2D eigenvalue weighted by molar-refractivity contribution is 5.94. The van der Waals surface area contributed by atoms with E-state index in [1.54, 1.807) is 30.6 Å². The summed E-state index contributed by atoms with van der Waals surface area (Å²) < 4.78 is 13.4. The number of piperazine rings is 1. The molecule has 2 N–H and O–H groups in total. The third-order valence-electron chi connectivity index (χ3n) is 6.48. The number of halogens is 1. The molecule has 1 saturated heterocycles. The Labute approximate surface area is 201 Å². The van der Waals surface area contributed by atoms with Crippen LogP contribution in [0.1, 0.15) is 0 Å². The smallest absolute Gasteiger partial charge is 0.140 e. The third-order valence-corrected chi connectivity index (χ3v) is 6.48. The Morgan fingerprint density at radius 3 is 2.29 bits per heavy atom. The van der Waals surface area contributed by atoms with Gasteiger partial charge in [-0.15, -0.1) is 0 Å². The van der Waals surface area contributed by atoms with E-state index < -0.39 is 0 Å². The molecule has 0 radical (unpaired) electrons. The van der Waals surface area contributed by atoms with Crippen molar-refractivity contribution in [3.05, 3.63) is 85.1 Å². The first-order chi connectivity index (χ1) is 17.2. The fourth-order valence-corrected chi connectivity index (χ4v) is 4.64. The number of aromatic hydroxyl groups is 1. The zero-order valence-corrected chi connectivity index (χ0v) is 18.9. The second-order valence-electron chi connectivity index (χ2n) is 8.57. The number of hydrogen-bond donors (Lipinski definition) is 2. The van der Waals surface area contributed by atoms with Crippen molar-refractivity contribution in [2.75, 3.05) is 36.0 Å².